The summed E-state index contributed by atoms with van der Waals surface area (Å²) in [7, 11) is 0. The zero-order valence-corrected chi connectivity index (χ0v) is 3.45. The van der Waals surface area contributed by atoms with Crippen LogP contribution in [0.4, 0.5) is 0 Å². The Labute approximate surface area is 32.7 Å². The standard InChI is InChI=1S/C2H3N.H2S/c1-2-3;/h1H3;1H2. The molecule has 0 fully saturated rings. The maximum absolute atomic E-state index is 7.32. The van der Waals surface area contributed by atoms with Gasteiger partial charge in [-0.05, 0) is 0 Å². The van der Waals surface area contributed by atoms with Crippen LogP contribution in [0.1, 0.15) is 6.92 Å². The van der Waals surface area contributed by atoms with Gasteiger partial charge < -0.3 is 0 Å². The third kappa shape index (κ3) is 50.7. The van der Waals surface area contributed by atoms with Crippen molar-refractivity contribution in [3.05, 3.63) is 0 Å². The van der Waals surface area contributed by atoms with E-state index in [1.54, 1.807) is 6.07 Å². The van der Waals surface area contributed by atoms with Crippen LogP contribution in [-0.2, 0) is 0 Å². The second kappa shape index (κ2) is 13.6. The smallest absolute Gasteiger partial charge is 0.0587 e. The summed E-state index contributed by atoms with van der Waals surface area (Å²) in [6.45, 7) is 1.43. The second-order valence-corrected chi connectivity index (χ2v) is 0.224. The van der Waals surface area contributed by atoms with E-state index in [2.05, 4.69) is 0 Å². The average Bonchev–Trinajstić information content (AvgIpc) is 0.918. The molecule has 0 heterocycles. The van der Waals surface area contributed by atoms with Crippen LogP contribution in [0.3, 0.4) is 0 Å². The lowest BCUT2D eigenvalue weighted by atomic mass is 11.0. The minimum absolute atomic E-state index is 0. The lowest BCUT2D eigenvalue weighted by Crippen LogP contribution is -1.10. The normalized spacial score (nSPS) is 2.00. The van der Waals surface area contributed by atoms with Crippen LogP contribution >= 0.6 is 13.5 Å². The van der Waals surface area contributed by atoms with Crippen LogP contribution in [0.25, 0.3) is 0 Å². The Bertz CT molecular complexity index is 27.5. The molecular weight excluding hydrogens is 70.1 g/mol. The van der Waals surface area contributed by atoms with Crippen LogP contribution in [0, 0.1) is 11.3 Å². The summed E-state index contributed by atoms with van der Waals surface area (Å²) < 4.78 is 0. The first-order valence-corrected chi connectivity index (χ1v) is 0.724. The van der Waals surface area contributed by atoms with Crippen LogP contribution in [0.15, 0.2) is 0 Å². The maximum atomic E-state index is 7.32. The molecule has 0 rings (SSSR count). The Morgan fingerprint density at radius 1 is 1.75 bits per heavy atom. The van der Waals surface area contributed by atoms with Crippen molar-refractivity contribution in [3.63, 3.8) is 0 Å². The molecule has 0 radical (unpaired) electrons. The molecule has 2 heteroatoms. The summed E-state index contributed by atoms with van der Waals surface area (Å²) in [5.74, 6) is 0. The van der Waals surface area contributed by atoms with Crippen LogP contribution < -0.4 is 0 Å². The zero-order valence-electron chi connectivity index (χ0n) is 2.45. The van der Waals surface area contributed by atoms with Gasteiger partial charge in [0.25, 0.3) is 0 Å². The van der Waals surface area contributed by atoms with Gasteiger partial charge in [-0.1, -0.05) is 0 Å². The molecule has 0 atom stereocenters. The highest BCUT2D eigenvalue weighted by molar-refractivity contribution is 7.59. The highest BCUT2D eigenvalue weighted by atomic mass is 32.1. The van der Waals surface area contributed by atoms with Gasteiger partial charge in [0.1, 0.15) is 0 Å². The minimum Gasteiger partial charge on any atom is -0.199 e. The Kier molecular flexibility index (Phi) is 31.2. The summed E-state index contributed by atoms with van der Waals surface area (Å²) >= 11 is 0. The van der Waals surface area contributed by atoms with Crippen molar-refractivity contribution in [2.75, 3.05) is 0 Å². The van der Waals surface area contributed by atoms with Crippen molar-refractivity contribution in [1.82, 2.24) is 0 Å². The van der Waals surface area contributed by atoms with E-state index < -0.39 is 0 Å². The van der Waals surface area contributed by atoms with Crippen molar-refractivity contribution in [1.29, 1.82) is 5.26 Å². The van der Waals surface area contributed by atoms with E-state index in [-0.39, 0.29) is 13.5 Å². The molecule has 0 aromatic carbocycles. The van der Waals surface area contributed by atoms with E-state index in [9.17, 15) is 0 Å². The fourth-order valence-electron chi connectivity index (χ4n) is 0. The van der Waals surface area contributed by atoms with Crippen molar-refractivity contribution in [2.45, 2.75) is 6.92 Å². The van der Waals surface area contributed by atoms with E-state index >= 15 is 0 Å². The van der Waals surface area contributed by atoms with Crippen molar-refractivity contribution in [2.24, 2.45) is 0 Å². The second-order valence-electron chi connectivity index (χ2n) is 0.224. The van der Waals surface area contributed by atoms with Gasteiger partial charge >= 0.3 is 0 Å². The number of nitrogens with zero attached hydrogens (tertiary/aromatic N) is 1. The monoisotopic (exact) mass is 75.0 g/mol. The van der Waals surface area contributed by atoms with E-state index in [1.807, 2.05) is 0 Å². The first-order chi connectivity index (χ1) is 1.41. The third-order valence-corrected chi connectivity index (χ3v) is 0. The summed E-state index contributed by atoms with van der Waals surface area (Å²) in [6.07, 6.45) is 0. The Hall–Kier alpha value is -0.160. The molecule has 0 aliphatic rings. The molecule has 24 valence electrons. The molecule has 0 aromatic rings. The Morgan fingerprint density at radius 3 is 1.75 bits per heavy atom. The average molecular weight is 75.1 g/mol. The minimum atomic E-state index is 0. The van der Waals surface area contributed by atoms with Crippen LogP contribution in [0.5, 0.6) is 0 Å². The van der Waals surface area contributed by atoms with Crippen molar-refractivity contribution < 1.29 is 0 Å². The van der Waals surface area contributed by atoms with E-state index in [1.165, 1.54) is 6.92 Å². The molecule has 0 unspecified atom stereocenters. The van der Waals surface area contributed by atoms with Gasteiger partial charge in [-0.25, -0.2) is 0 Å². The Balaban J connectivity index is 0. The van der Waals surface area contributed by atoms with Gasteiger partial charge in [-0.15, -0.1) is 0 Å². The Morgan fingerprint density at radius 2 is 1.75 bits per heavy atom. The molecule has 0 N–H and O–H groups in total. The van der Waals surface area contributed by atoms with E-state index in [4.69, 9.17) is 5.26 Å². The highest BCUT2D eigenvalue weighted by Gasteiger charge is 1.17. The van der Waals surface area contributed by atoms with Gasteiger partial charge in [0.05, 0.1) is 6.07 Å². The van der Waals surface area contributed by atoms with Crippen molar-refractivity contribution in [3.8, 4) is 6.07 Å². The topological polar surface area (TPSA) is 23.8 Å². The molecule has 0 aliphatic carbocycles. The van der Waals surface area contributed by atoms with Gasteiger partial charge in [-0.3, -0.25) is 0 Å². The number of hydrogen-bond acceptors (Lipinski definition) is 1. The molecule has 4 heavy (non-hydrogen) atoms. The zero-order chi connectivity index (χ0) is 2.71. The summed E-state index contributed by atoms with van der Waals surface area (Å²) in [4.78, 5) is 0. The fraction of sp³-hybridized carbons (Fsp3) is 0.500. The lowest BCUT2D eigenvalue weighted by Gasteiger charge is -1.15. The molecular formula is C2H5NS. The molecule has 0 aliphatic heterocycles. The van der Waals surface area contributed by atoms with Gasteiger partial charge in [-0.2, -0.15) is 18.8 Å². The molecule has 0 amide bonds. The van der Waals surface area contributed by atoms with Gasteiger partial charge in [0, 0.05) is 6.92 Å². The van der Waals surface area contributed by atoms with E-state index in [0.29, 0.717) is 0 Å². The van der Waals surface area contributed by atoms with Crippen LogP contribution in [0.2, 0.25) is 0 Å². The predicted octanol–water partition coefficient (Wildman–Crippen LogP) is 0.643. The van der Waals surface area contributed by atoms with Gasteiger partial charge in [0.15, 0.2) is 0 Å². The maximum Gasteiger partial charge on any atom is 0.0587 e. The summed E-state index contributed by atoms with van der Waals surface area (Å²) in [5, 5.41) is 7.32. The van der Waals surface area contributed by atoms with Crippen LogP contribution in [-0.4, -0.2) is 0 Å². The van der Waals surface area contributed by atoms with E-state index in [0.717, 1.165) is 0 Å². The first-order valence-electron chi connectivity index (χ1n) is 0.724. The molecule has 0 bridgehead atoms. The molecule has 0 saturated carbocycles. The lowest BCUT2D eigenvalue weighted by molar-refractivity contribution is 1.49. The SMILES string of the molecule is CC#N.S. The summed E-state index contributed by atoms with van der Waals surface area (Å²) in [6, 6.07) is 1.75. The fourth-order valence-corrected chi connectivity index (χ4v) is 0. The van der Waals surface area contributed by atoms with Crippen molar-refractivity contribution >= 4 is 13.5 Å². The third-order valence-electron chi connectivity index (χ3n) is 0. The predicted molar refractivity (Wildman–Crippen MR) is 21.7 cm³/mol. The molecule has 1 nitrogen and oxygen atoms in total. The quantitative estimate of drug-likeness (QED) is 0.414. The number of nitriles is 1. The molecule has 0 saturated heterocycles. The molecule has 0 spiro atoms. The highest BCUT2D eigenvalue weighted by Crippen LogP contribution is 1.21. The van der Waals surface area contributed by atoms with Gasteiger partial charge in [0.2, 0.25) is 0 Å². The summed E-state index contributed by atoms with van der Waals surface area (Å²) in [5.41, 5.74) is 0. The molecule has 0 aromatic heterocycles. The number of rotatable bonds is 0. The largest absolute Gasteiger partial charge is 0.199 e. The number of hydrogen-bond donors (Lipinski definition) is 0. The first kappa shape index (κ1) is 9.15.